The molecule has 0 saturated carbocycles. The van der Waals surface area contributed by atoms with Crippen molar-refractivity contribution in [2.45, 2.75) is 13.3 Å². The van der Waals surface area contributed by atoms with Crippen molar-refractivity contribution in [1.82, 2.24) is 4.98 Å². The Hall–Kier alpha value is -1.04. The van der Waals surface area contributed by atoms with Crippen LogP contribution >= 0.6 is 15.9 Å². The van der Waals surface area contributed by atoms with Crippen LogP contribution in [0.2, 0.25) is 0 Å². The monoisotopic (exact) mass is 265 g/mol. The third-order valence-electron chi connectivity index (χ3n) is 1.66. The van der Waals surface area contributed by atoms with Crippen molar-refractivity contribution < 1.29 is 18.7 Å². The number of nitrogens with zero attached hydrogens (tertiary/aromatic N) is 1. The normalized spacial score (nSPS) is 10.6. The maximum Gasteiger partial charge on any atom is 0.337 e. The summed E-state index contributed by atoms with van der Waals surface area (Å²) in [6.45, 7) is 1.50. The molecule has 0 saturated heterocycles. The molecule has 1 rings (SSSR count). The van der Waals surface area contributed by atoms with E-state index >= 15 is 0 Å². The summed E-state index contributed by atoms with van der Waals surface area (Å²) in [5.74, 6) is -1.25. The topological polar surface area (TPSA) is 50.2 Å². The Morgan fingerprint density at radius 1 is 1.64 bits per heavy atom. The average Bonchev–Trinajstić information content (AvgIpc) is 2.02. The van der Waals surface area contributed by atoms with E-state index in [4.69, 9.17) is 5.11 Å². The van der Waals surface area contributed by atoms with E-state index in [1.165, 1.54) is 6.92 Å². The van der Waals surface area contributed by atoms with Crippen molar-refractivity contribution >= 4 is 21.9 Å². The fourth-order valence-corrected chi connectivity index (χ4v) is 1.76. The SMILES string of the molecule is Cc1cnc(C(F)F)c(Br)c1C(=O)O. The van der Waals surface area contributed by atoms with Gasteiger partial charge in [0.15, 0.2) is 0 Å². The number of aromatic carboxylic acids is 1. The van der Waals surface area contributed by atoms with Crippen molar-refractivity contribution in [3.8, 4) is 0 Å². The third-order valence-corrected chi connectivity index (χ3v) is 2.46. The summed E-state index contributed by atoms with van der Waals surface area (Å²) in [6.07, 6.45) is -1.67. The lowest BCUT2D eigenvalue weighted by Gasteiger charge is -2.07. The Morgan fingerprint density at radius 2 is 2.21 bits per heavy atom. The molecule has 1 aromatic heterocycles. The van der Waals surface area contributed by atoms with Gasteiger partial charge in [0.2, 0.25) is 0 Å². The molecule has 14 heavy (non-hydrogen) atoms. The molecule has 0 unspecified atom stereocenters. The van der Waals surface area contributed by atoms with Crippen molar-refractivity contribution in [1.29, 1.82) is 0 Å². The summed E-state index contributed by atoms with van der Waals surface area (Å²) in [7, 11) is 0. The molecular formula is C8H6BrF2NO2. The van der Waals surface area contributed by atoms with E-state index in [1.807, 2.05) is 0 Å². The van der Waals surface area contributed by atoms with Crippen molar-refractivity contribution in [2.75, 3.05) is 0 Å². The molecular weight excluding hydrogens is 260 g/mol. The predicted octanol–water partition coefficient (Wildman–Crippen LogP) is 2.79. The molecule has 3 nitrogen and oxygen atoms in total. The molecule has 76 valence electrons. The summed E-state index contributed by atoms with van der Waals surface area (Å²) in [4.78, 5) is 14.2. The van der Waals surface area contributed by atoms with Crippen LogP contribution in [0.25, 0.3) is 0 Å². The highest BCUT2D eigenvalue weighted by Gasteiger charge is 2.21. The zero-order valence-corrected chi connectivity index (χ0v) is 8.68. The summed E-state index contributed by atoms with van der Waals surface area (Å²) in [6, 6.07) is 0. The van der Waals surface area contributed by atoms with Crippen LogP contribution < -0.4 is 0 Å². The van der Waals surface area contributed by atoms with Gasteiger partial charge in [-0.15, -0.1) is 0 Å². The Bertz CT molecular complexity index is 382. The Morgan fingerprint density at radius 3 is 2.64 bits per heavy atom. The lowest BCUT2D eigenvalue weighted by atomic mass is 10.1. The van der Waals surface area contributed by atoms with Gasteiger partial charge in [0.25, 0.3) is 6.43 Å². The number of aryl methyl sites for hydroxylation is 1. The van der Waals surface area contributed by atoms with Gasteiger partial charge in [0.1, 0.15) is 5.69 Å². The number of hydrogen-bond acceptors (Lipinski definition) is 2. The van der Waals surface area contributed by atoms with Crippen LogP contribution in [-0.4, -0.2) is 16.1 Å². The second-order valence-electron chi connectivity index (χ2n) is 2.62. The molecule has 6 heteroatoms. The molecule has 0 radical (unpaired) electrons. The van der Waals surface area contributed by atoms with Gasteiger partial charge in [-0.2, -0.15) is 0 Å². The van der Waals surface area contributed by atoms with Gasteiger partial charge >= 0.3 is 5.97 Å². The first-order chi connectivity index (χ1) is 6.45. The summed E-state index contributed by atoms with van der Waals surface area (Å²) in [5.41, 5.74) is -0.378. The van der Waals surface area contributed by atoms with E-state index in [-0.39, 0.29) is 10.0 Å². The predicted molar refractivity (Wildman–Crippen MR) is 48.6 cm³/mol. The number of carboxylic acid groups (broad SMARTS) is 1. The molecule has 1 N–H and O–H groups in total. The lowest BCUT2D eigenvalue weighted by molar-refractivity contribution is 0.0694. The number of pyridine rings is 1. The Balaban J connectivity index is 3.41. The van der Waals surface area contributed by atoms with Gasteiger partial charge in [-0.25, -0.2) is 13.6 Å². The molecule has 0 fully saturated rings. The molecule has 0 aliphatic rings. The minimum atomic E-state index is -2.79. The second kappa shape index (κ2) is 4.00. The van der Waals surface area contributed by atoms with E-state index in [1.54, 1.807) is 0 Å². The van der Waals surface area contributed by atoms with E-state index < -0.39 is 18.1 Å². The molecule has 0 spiro atoms. The van der Waals surface area contributed by atoms with E-state index in [0.29, 0.717) is 5.56 Å². The first-order valence-electron chi connectivity index (χ1n) is 3.61. The number of alkyl halides is 2. The van der Waals surface area contributed by atoms with Gasteiger partial charge in [0, 0.05) is 6.20 Å². The quantitative estimate of drug-likeness (QED) is 0.895. The molecule has 1 aromatic rings. The largest absolute Gasteiger partial charge is 0.478 e. The third kappa shape index (κ3) is 1.89. The van der Waals surface area contributed by atoms with Crippen LogP contribution in [0.3, 0.4) is 0 Å². The van der Waals surface area contributed by atoms with E-state index in [2.05, 4.69) is 20.9 Å². The van der Waals surface area contributed by atoms with Crippen molar-refractivity contribution in [3.63, 3.8) is 0 Å². The maximum absolute atomic E-state index is 12.3. The number of halogens is 3. The average molecular weight is 266 g/mol. The number of carbonyl (C=O) groups is 1. The number of rotatable bonds is 2. The van der Waals surface area contributed by atoms with Crippen molar-refractivity contribution in [3.05, 3.63) is 27.5 Å². The molecule has 0 amide bonds. The fourth-order valence-electron chi connectivity index (χ4n) is 1.00. The second-order valence-corrected chi connectivity index (χ2v) is 3.41. The van der Waals surface area contributed by atoms with Gasteiger partial charge in [0.05, 0.1) is 10.0 Å². The molecule has 0 aromatic carbocycles. The van der Waals surface area contributed by atoms with Crippen LogP contribution in [0.5, 0.6) is 0 Å². The Kier molecular flexibility index (Phi) is 3.15. The molecule has 1 heterocycles. The lowest BCUT2D eigenvalue weighted by Crippen LogP contribution is -2.05. The van der Waals surface area contributed by atoms with Crippen LogP contribution in [0, 0.1) is 6.92 Å². The maximum atomic E-state index is 12.3. The zero-order valence-electron chi connectivity index (χ0n) is 7.09. The van der Waals surface area contributed by atoms with E-state index in [0.717, 1.165) is 6.20 Å². The summed E-state index contributed by atoms with van der Waals surface area (Å²) < 4.78 is 24.5. The molecule has 0 aliphatic carbocycles. The fraction of sp³-hybridized carbons (Fsp3) is 0.250. The Labute approximate surface area is 86.9 Å². The highest BCUT2D eigenvalue weighted by molar-refractivity contribution is 9.10. The van der Waals surface area contributed by atoms with Crippen LogP contribution in [0.4, 0.5) is 8.78 Å². The van der Waals surface area contributed by atoms with Crippen molar-refractivity contribution in [2.24, 2.45) is 0 Å². The van der Waals surface area contributed by atoms with Crippen LogP contribution in [0.15, 0.2) is 10.7 Å². The first kappa shape index (κ1) is 11.0. The van der Waals surface area contributed by atoms with Crippen LogP contribution in [-0.2, 0) is 0 Å². The first-order valence-corrected chi connectivity index (χ1v) is 4.41. The molecule has 0 atom stereocenters. The number of hydrogen-bond donors (Lipinski definition) is 1. The molecule has 0 bridgehead atoms. The van der Waals surface area contributed by atoms with Gasteiger partial charge < -0.3 is 5.11 Å². The van der Waals surface area contributed by atoms with E-state index in [9.17, 15) is 13.6 Å². The van der Waals surface area contributed by atoms with Gasteiger partial charge in [-0.1, -0.05) is 0 Å². The van der Waals surface area contributed by atoms with Gasteiger partial charge in [-0.3, -0.25) is 4.98 Å². The highest BCUT2D eigenvalue weighted by atomic mass is 79.9. The smallest absolute Gasteiger partial charge is 0.337 e. The minimum absolute atomic E-state index is 0.153. The standard InChI is InChI=1S/C8H6BrF2NO2/c1-3-2-12-6(7(10)11)5(9)4(3)8(13)14/h2,7H,1H3,(H,13,14). The number of aromatic nitrogens is 1. The summed E-state index contributed by atoms with van der Waals surface area (Å²) in [5, 5.41) is 8.75. The zero-order chi connectivity index (χ0) is 10.9. The van der Waals surface area contributed by atoms with Crippen LogP contribution in [0.1, 0.15) is 28.0 Å². The summed E-state index contributed by atoms with van der Waals surface area (Å²) >= 11 is 2.81. The van der Waals surface area contributed by atoms with Gasteiger partial charge in [-0.05, 0) is 28.4 Å². The molecule has 0 aliphatic heterocycles. The minimum Gasteiger partial charge on any atom is -0.478 e. The highest BCUT2D eigenvalue weighted by Crippen LogP contribution is 2.29. The number of carboxylic acids is 1.